The molecule has 1 atom stereocenters. The average molecular weight is 303 g/mol. The van der Waals surface area contributed by atoms with Crippen molar-refractivity contribution in [2.45, 2.75) is 33.7 Å². The number of anilines is 1. The first-order chi connectivity index (χ1) is 10.0. The van der Waals surface area contributed by atoms with E-state index in [0.717, 1.165) is 12.2 Å². The minimum absolute atomic E-state index is 0.0213. The summed E-state index contributed by atoms with van der Waals surface area (Å²) in [5, 5.41) is 6.20. The van der Waals surface area contributed by atoms with Gasteiger partial charge in [-0.15, -0.1) is 11.3 Å². The van der Waals surface area contributed by atoms with Gasteiger partial charge in [0.1, 0.15) is 5.69 Å². The minimum Gasteiger partial charge on any atom is -0.385 e. The highest BCUT2D eigenvalue weighted by Crippen LogP contribution is 2.26. The molecular weight excluding hydrogens is 282 g/mol. The molecule has 0 aliphatic carbocycles. The topological polar surface area (TPSA) is 54.0 Å². The lowest BCUT2D eigenvalue weighted by Gasteiger charge is -2.14. The third kappa shape index (κ3) is 3.82. The molecule has 0 spiro atoms. The SMILES string of the molecule is CCNc1ccnc(C(=O)NC(C)c2cc(C)sc2C)c1. The van der Waals surface area contributed by atoms with E-state index in [-0.39, 0.29) is 11.9 Å². The Morgan fingerprint density at radius 2 is 2.14 bits per heavy atom. The second-order valence-corrected chi connectivity index (χ2v) is 6.48. The summed E-state index contributed by atoms with van der Waals surface area (Å²) in [5.74, 6) is -0.148. The lowest BCUT2D eigenvalue weighted by molar-refractivity contribution is 0.0935. The van der Waals surface area contributed by atoms with Crippen molar-refractivity contribution < 1.29 is 4.79 Å². The summed E-state index contributed by atoms with van der Waals surface area (Å²) in [6, 6.07) is 5.74. The summed E-state index contributed by atoms with van der Waals surface area (Å²) >= 11 is 1.75. The molecule has 0 bridgehead atoms. The van der Waals surface area contributed by atoms with E-state index in [1.807, 2.05) is 19.9 Å². The van der Waals surface area contributed by atoms with Gasteiger partial charge in [-0.25, -0.2) is 0 Å². The molecule has 112 valence electrons. The van der Waals surface area contributed by atoms with Crippen LogP contribution >= 0.6 is 11.3 Å². The van der Waals surface area contributed by atoms with Gasteiger partial charge in [0.15, 0.2) is 0 Å². The van der Waals surface area contributed by atoms with E-state index >= 15 is 0 Å². The van der Waals surface area contributed by atoms with E-state index in [1.165, 1.54) is 15.3 Å². The number of pyridine rings is 1. The quantitative estimate of drug-likeness (QED) is 0.886. The molecule has 5 heteroatoms. The fourth-order valence-electron chi connectivity index (χ4n) is 2.30. The van der Waals surface area contributed by atoms with E-state index in [4.69, 9.17) is 0 Å². The van der Waals surface area contributed by atoms with Gasteiger partial charge in [0.05, 0.1) is 6.04 Å². The maximum absolute atomic E-state index is 12.3. The first-order valence-corrected chi connectivity index (χ1v) is 7.90. The number of hydrogen-bond acceptors (Lipinski definition) is 4. The van der Waals surface area contributed by atoms with Gasteiger partial charge in [-0.2, -0.15) is 0 Å². The number of aromatic nitrogens is 1. The Labute approximate surface area is 129 Å². The highest BCUT2D eigenvalue weighted by atomic mass is 32.1. The van der Waals surface area contributed by atoms with Crippen LogP contribution in [0.15, 0.2) is 24.4 Å². The number of nitrogens with one attached hydrogen (secondary N) is 2. The maximum Gasteiger partial charge on any atom is 0.270 e. The molecule has 0 saturated heterocycles. The Hall–Kier alpha value is -1.88. The Morgan fingerprint density at radius 3 is 2.76 bits per heavy atom. The zero-order valence-corrected chi connectivity index (χ0v) is 13.7. The highest BCUT2D eigenvalue weighted by molar-refractivity contribution is 7.12. The van der Waals surface area contributed by atoms with Crippen LogP contribution in [0.3, 0.4) is 0 Å². The number of carbonyl (C=O) groups is 1. The molecule has 2 N–H and O–H groups in total. The summed E-state index contributed by atoms with van der Waals surface area (Å²) < 4.78 is 0. The molecule has 1 amide bonds. The molecule has 0 aliphatic rings. The zero-order chi connectivity index (χ0) is 15.4. The first kappa shape index (κ1) is 15.5. The van der Waals surface area contributed by atoms with Crippen LogP contribution in [0.25, 0.3) is 0 Å². The molecule has 1 unspecified atom stereocenters. The molecule has 4 nitrogen and oxygen atoms in total. The van der Waals surface area contributed by atoms with Crippen LogP contribution in [-0.2, 0) is 0 Å². The third-order valence-electron chi connectivity index (χ3n) is 3.27. The van der Waals surface area contributed by atoms with Gasteiger partial charge in [-0.1, -0.05) is 0 Å². The van der Waals surface area contributed by atoms with Crippen LogP contribution in [0.5, 0.6) is 0 Å². The minimum atomic E-state index is -0.148. The van der Waals surface area contributed by atoms with E-state index in [9.17, 15) is 4.79 Å². The molecule has 0 radical (unpaired) electrons. The monoisotopic (exact) mass is 303 g/mol. The molecular formula is C16H21N3OS. The van der Waals surface area contributed by atoms with Gasteiger partial charge in [0.2, 0.25) is 0 Å². The highest BCUT2D eigenvalue weighted by Gasteiger charge is 2.16. The second kappa shape index (κ2) is 6.72. The predicted molar refractivity (Wildman–Crippen MR) is 88.1 cm³/mol. The van der Waals surface area contributed by atoms with Crippen molar-refractivity contribution in [3.05, 3.63) is 45.4 Å². The van der Waals surface area contributed by atoms with Crippen molar-refractivity contribution in [2.24, 2.45) is 0 Å². The average Bonchev–Trinajstić information content (AvgIpc) is 2.78. The summed E-state index contributed by atoms with van der Waals surface area (Å²) in [6.45, 7) is 9.00. The molecule has 21 heavy (non-hydrogen) atoms. The number of carbonyl (C=O) groups excluding carboxylic acids is 1. The largest absolute Gasteiger partial charge is 0.385 e. The summed E-state index contributed by atoms with van der Waals surface area (Å²) in [5.41, 5.74) is 2.52. The normalized spacial score (nSPS) is 12.0. The van der Waals surface area contributed by atoms with Gasteiger partial charge >= 0.3 is 0 Å². The van der Waals surface area contributed by atoms with Crippen LogP contribution in [0.2, 0.25) is 0 Å². The molecule has 0 saturated carbocycles. The smallest absolute Gasteiger partial charge is 0.270 e. The second-order valence-electron chi connectivity index (χ2n) is 5.02. The van der Waals surface area contributed by atoms with Crippen LogP contribution in [0.4, 0.5) is 5.69 Å². The lowest BCUT2D eigenvalue weighted by Crippen LogP contribution is -2.27. The number of thiophene rings is 1. The van der Waals surface area contributed by atoms with Crippen molar-refractivity contribution in [1.29, 1.82) is 0 Å². The third-order valence-corrected chi connectivity index (χ3v) is 4.25. The van der Waals surface area contributed by atoms with Gasteiger partial charge in [-0.3, -0.25) is 9.78 Å². The zero-order valence-electron chi connectivity index (χ0n) is 12.9. The van der Waals surface area contributed by atoms with Crippen LogP contribution in [0, 0.1) is 13.8 Å². The Bertz CT molecular complexity index is 636. The number of amides is 1. The lowest BCUT2D eigenvalue weighted by atomic mass is 10.1. The first-order valence-electron chi connectivity index (χ1n) is 7.09. The van der Waals surface area contributed by atoms with Crippen LogP contribution in [-0.4, -0.2) is 17.4 Å². The molecule has 0 aliphatic heterocycles. The van der Waals surface area contributed by atoms with Crippen molar-refractivity contribution in [1.82, 2.24) is 10.3 Å². The van der Waals surface area contributed by atoms with Crippen molar-refractivity contribution in [3.63, 3.8) is 0 Å². The van der Waals surface area contributed by atoms with Crippen molar-refractivity contribution in [3.8, 4) is 0 Å². The van der Waals surface area contributed by atoms with Crippen LogP contribution in [0.1, 0.15) is 45.7 Å². The molecule has 2 heterocycles. The molecule has 0 fully saturated rings. The molecule has 2 aromatic rings. The Balaban J connectivity index is 2.10. The van der Waals surface area contributed by atoms with Gasteiger partial charge in [0.25, 0.3) is 5.91 Å². The number of aryl methyl sites for hydroxylation is 2. The molecule has 2 aromatic heterocycles. The molecule has 2 rings (SSSR count). The van der Waals surface area contributed by atoms with E-state index in [2.05, 4.69) is 35.5 Å². The van der Waals surface area contributed by atoms with E-state index < -0.39 is 0 Å². The van der Waals surface area contributed by atoms with E-state index in [0.29, 0.717) is 5.69 Å². The van der Waals surface area contributed by atoms with Crippen molar-refractivity contribution in [2.75, 3.05) is 11.9 Å². The summed E-state index contributed by atoms with van der Waals surface area (Å²) in [7, 11) is 0. The standard InChI is InChI=1S/C16H21N3OS/c1-5-17-13-6-7-18-15(9-13)16(20)19-11(3)14-8-10(2)21-12(14)4/h6-9,11H,5H2,1-4H3,(H,17,18)(H,19,20). The summed E-state index contributed by atoms with van der Waals surface area (Å²) in [4.78, 5) is 19.0. The maximum atomic E-state index is 12.3. The molecule has 0 aromatic carbocycles. The fourth-order valence-corrected chi connectivity index (χ4v) is 3.32. The van der Waals surface area contributed by atoms with Gasteiger partial charge in [-0.05, 0) is 51.5 Å². The van der Waals surface area contributed by atoms with E-state index in [1.54, 1.807) is 23.6 Å². The Morgan fingerprint density at radius 1 is 1.38 bits per heavy atom. The predicted octanol–water partition coefficient (Wildman–Crippen LogP) is 3.68. The van der Waals surface area contributed by atoms with Gasteiger partial charge in [0, 0.05) is 28.2 Å². The number of rotatable bonds is 5. The summed E-state index contributed by atoms with van der Waals surface area (Å²) in [6.07, 6.45) is 1.65. The van der Waals surface area contributed by atoms with Crippen LogP contribution < -0.4 is 10.6 Å². The Kier molecular flexibility index (Phi) is 4.96. The number of nitrogens with zero attached hydrogens (tertiary/aromatic N) is 1. The fraction of sp³-hybridized carbons (Fsp3) is 0.375. The van der Waals surface area contributed by atoms with Crippen molar-refractivity contribution >= 4 is 22.9 Å². The van der Waals surface area contributed by atoms with Gasteiger partial charge < -0.3 is 10.6 Å². The number of hydrogen-bond donors (Lipinski definition) is 2.